The normalized spacial score (nSPS) is 10.2. The molecule has 0 saturated carbocycles. The van der Waals surface area contributed by atoms with Gasteiger partial charge in [0.2, 0.25) is 0 Å². The Labute approximate surface area is 286 Å². The van der Waals surface area contributed by atoms with Gasteiger partial charge in [-0.1, -0.05) is 79.1 Å². The van der Waals surface area contributed by atoms with Gasteiger partial charge >= 0.3 is 0 Å². The third kappa shape index (κ3) is 8.58. The number of rotatable bonds is 4. The highest BCUT2D eigenvalue weighted by Crippen LogP contribution is 2.36. The van der Waals surface area contributed by atoms with Crippen LogP contribution in [0.1, 0.15) is 11.1 Å². The molecule has 0 saturated heterocycles. The Hall–Kier alpha value is -2.95. The first-order valence-electron chi connectivity index (χ1n) is 11.9. The van der Waals surface area contributed by atoms with Gasteiger partial charge in [0.1, 0.15) is 12.1 Å². The van der Waals surface area contributed by atoms with Crippen LogP contribution in [0, 0.1) is 22.7 Å². The summed E-state index contributed by atoms with van der Waals surface area (Å²) in [5.41, 5.74) is 10.1. The number of nitrogens with two attached hydrogens (primary N) is 1. The number of pyridine rings is 2. The maximum atomic E-state index is 9.31. The van der Waals surface area contributed by atoms with Crippen molar-refractivity contribution in [3.63, 3.8) is 0 Å². The molecule has 2 aromatic carbocycles. The molecule has 8 nitrogen and oxygen atoms in total. The van der Waals surface area contributed by atoms with Gasteiger partial charge in [0.25, 0.3) is 0 Å². The topological polar surface area (TPSA) is 137 Å². The largest absolute Gasteiger partial charge is 0.399 e. The number of benzene rings is 2. The maximum Gasteiger partial charge on any atom is 0.173 e. The molecule has 216 valence electrons. The lowest BCUT2D eigenvalue weighted by Crippen LogP contribution is -1.95. The second-order valence-corrected chi connectivity index (χ2v) is 14.4. The van der Waals surface area contributed by atoms with Gasteiger partial charge in [-0.05, 0) is 48.9 Å². The van der Waals surface area contributed by atoms with E-state index in [2.05, 4.69) is 63.2 Å². The zero-order valence-electron chi connectivity index (χ0n) is 22.3. The highest BCUT2D eigenvalue weighted by molar-refractivity contribution is 9.10. The van der Waals surface area contributed by atoms with Crippen LogP contribution in [0.2, 0.25) is 5.02 Å². The molecule has 0 unspecified atom stereocenters. The first kappa shape index (κ1) is 33.0. The van der Waals surface area contributed by atoms with Crippen molar-refractivity contribution < 1.29 is 0 Å². The smallest absolute Gasteiger partial charge is 0.173 e. The van der Waals surface area contributed by atoms with Crippen LogP contribution in [-0.4, -0.2) is 32.4 Å². The molecule has 0 aliphatic carbocycles. The van der Waals surface area contributed by atoms with Crippen molar-refractivity contribution in [3.8, 4) is 12.1 Å². The predicted octanol–water partition coefficient (Wildman–Crippen LogP) is 9.76. The summed E-state index contributed by atoms with van der Waals surface area (Å²) in [5.74, 6) is 0. The quantitative estimate of drug-likeness (QED) is 0.131. The summed E-state index contributed by atoms with van der Waals surface area (Å²) < 4.78 is 5.53. The lowest BCUT2D eigenvalue weighted by Gasteiger charge is -2.09. The minimum atomic E-state index is 0.399. The Bertz CT molecular complexity index is 1970. The second kappa shape index (κ2) is 15.7. The Kier molecular flexibility index (Phi) is 12.0. The molecule has 0 atom stereocenters. The van der Waals surface area contributed by atoms with E-state index in [-0.39, 0.29) is 0 Å². The number of aromatic nitrogens is 4. The second-order valence-electron chi connectivity index (χ2n) is 8.12. The molecule has 0 spiro atoms. The Morgan fingerprint density at radius 1 is 0.837 bits per heavy atom. The summed E-state index contributed by atoms with van der Waals surface area (Å²) in [4.78, 5) is 17.0. The number of halogens is 3. The van der Waals surface area contributed by atoms with Gasteiger partial charge in [-0.15, -0.1) is 22.7 Å². The lowest BCUT2D eigenvalue weighted by atomic mass is 10.2. The van der Waals surface area contributed by atoms with Crippen molar-refractivity contribution in [1.82, 2.24) is 19.9 Å². The van der Waals surface area contributed by atoms with Crippen molar-refractivity contribution in [3.05, 3.63) is 86.0 Å². The van der Waals surface area contributed by atoms with Crippen molar-refractivity contribution in [2.75, 3.05) is 23.6 Å². The average Bonchev–Trinajstić information content (AvgIpc) is 3.63. The molecule has 0 radical (unpaired) electrons. The van der Waals surface area contributed by atoms with E-state index in [1.54, 1.807) is 41.1 Å². The van der Waals surface area contributed by atoms with E-state index in [0.29, 0.717) is 27.4 Å². The summed E-state index contributed by atoms with van der Waals surface area (Å²) in [6.07, 6.45) is 6.93. The van der Waals surface area contributed by atoms with Crippen LogP contribution in [-0.2, 0) is 0 Å². The summed E-state index contributed by atoms with van der Waals surface area (Å²) in [7, 11) is 0. The van der Waals surface area contributed by atoms with Crippen LogP contribution >= 0.6 is 89.7 Å². The van der Waals surface area contributed by atoms with Gasteiger partial charge < -0.3 is 11.1 Å². The number of thioether (sulfide) groups is 2. The fourth-order valence-electron chi connectivity index (χ4n) is 3.36. The van der Waals surface area contributed by atoms with E-state index in [4.69, 9.17) is 22.6 Å². The fraction of sp³-hybridized carbons (Fsp3) is 0.0714. The molecule has 0 aliphatic rings. The van der Waals surface area contributed by atoms with E-state index in [1.807, 2.05) is 67.1 Å². The first-order chi connectivity index (χ1) is 20.8. The summed E-state index contributed by atoms with van der Waals surface area (Å²) >= 11 is 18.9. The molecule has 0 fully saturated rings. The zero-order valence-corrected chi connectivity index (χ0v) is 29.5. The number of nitrogen functional groups attached to an aromatic ring is 1. The highest BCUT2D eigenvalue weighted by atomic mass is 79.9. The van der Waals surface area contributed by atoms with Gasteiger partial charge in [0.05, 0.1) is 31.2 Å². The highest BCUT2D eigenvalue weighted by Gasteiger charge is 2.14. The molecule has 0 aliphatic heterocycles. The maximum absolute atomic E-state index is 9.31. The molecule has 43 heavy (non-hydrogen) atoms. The van der Waals surface area contributed by atoms with Gasteiger partial charge in [-0.25, -0.2) is 19.9 Å². The summed E-state index contributed by atoms with van der Waals surface area (Å²) in [5, 5.41) is 21.8. The minimum Gasteiger partial charge on any atom is -0.399 e. The molecular formula is C28H19Br2ClN8S4. The van der Waals surface area contributed by atoms with Crippen molar-refractivity contribution in [2.24, 2.45) is 0 Å². The number of fused-ring (bicyclic) bond motifs is 2. The van der Waals surface area contributed by atoms with Crippen LogP contribution in [0.5, 0.6) is 0 Å². The molecule has 15 heteroatoms. The molecule has 4 heterocycles. The monoisotopic (exact) mass is 788 g/mol. The number of nitriles is 2. The molecule has 3 N–H and O–H groups in total. The molecule has 0 bridgehead atoms. The predicted molar refractivity (Wildman–Crippen MR) is 189 cm³/mol. The van der Waals surface area contributed by atoms with Crippen molar-refractivity contribution >= 4 is 127 Å². The average molecular weight is 791 g/mol. The molecular weight excluding hydrogens is 772 g/mol. The lowest BCUT2D eigenvalue weighted by molar-refractivity contribution is 1.23. The Balaban J connectivity index is 0.000000165. The number of hydrogen-bond donors (Lipinski definition) is 2. The van der Waals surface area contributed by atoms with Crippen LogP contribution in [0.15, 0.2) is 78.5 Å². The van der Waals surface area contributed by atoms with E-state index < -0.39 is 0 Å². The number of anilines is 3. The third-order valence-electron chi connectivity index (χ3n) is 5.28. The fourth-order valence-corrected chi connectivity index (χ4v) is 7.45. The number of hydrogen-bond acceptors (Lipinski definition) is 12. The number of thiazole rings is 2. The van der Waals surface area contributed by atoms with E-state index >= 15 is 0 Å². The van der Waals surface area contributed by atoms with Crippen LogP contribution in [0.25, 0.3) is 20.7 Å². The van der Waals surface area contributed by atoms with E-state index in [1.165, 1.54) is 17.5 Å². The molecule has 0 amide bonds. The summed E-state index contributed by atoms with van der Waals surface area (Å²) in [6.45, 7) is 0. The SMILES string of the molecule is CSc1nc2ncc(C#N)c(Cl)c2s1.CSc1nc2ncc(C#N)c(Nc3cccc(Br)c3)c2s1.Nc1cccc(Br)c1. The van der Waals surface area contributed by atoms with Crippen LogP contribution in [0.4, 0.5) is 17.1 Å². The zero-order chi connectivity index (χ0) is 30.9. The van der Waals surface area contributed by atoms with E-state index in [0.717, 1.165) is 44.1 Å². The molecule has 6 rings (SSSR count). The Morgan fingerprint density at radius 3 is 1.93 bits per heavy atom. The number of nitrogens with zero attached hydrogens (tertiary/aromatic N) is 6. The Morgan fingerprint density at radius 2 is 1.40 bits per heavy atom. The summed E-state index contributed by atoms with van der Waals surface area (Å²) in [6, 6.07) is 19.5. The molecule has 6 aromatic rings. The number of nitrogens with one attached hydrogen (secondary N) is 1. The van der Waals surface area contributed by atoms with Crippen molar-refractivity contribution in [2.45, 2.75) is 8.68 Å². The minimum absolute atomic E-state index is 0.399. The van der Waals surface area contributed by atoms with E-state index in [9.17, 15) is 5.26 Å². The van der Waals surface area contributed by atoms with Crippen LogP contribution in [0.3, 0.4) is 0 Å². The van der Waals surface area contributed by atoms with Crippen LogP contribution < -0.4 is 11.1 Å². The third-order valence-corrected chi connectivity index (χ3v) is 10.9. The first-order valence-corrected chi connectivity index (χ1v) is 18.0. The van der Waals surface area contributed by atoms with Crippen molar-refractivity contribution in [1.29, 1.82) is 10.5 Å². The standard InChI is InChI=1S/C14H9BrN4S2.C8H4ClN3S2.C6H6BrN/c1-20-14-19-13-12(21-14)11(8(6-16)7-17-13)18-10-4-2-3-9(15)5-10;1-13-8-12-7-6(14-8)5(9)4(2-10)3-11-7;7-5-2-1-3-6(8)4-5/h2-5,7H,1H3,(H,17,18);3H,1H3;1-4H,8H2. The molecule has 4 aromatic heterocycles. The van der Waals surface area contributed by atoms with Gasteiger partial charge in [0, 0.05) is 32.7 Å². The van der Waals surface area contributed by atoms with Gasteiger partial charge in [-0.3, -0.25) is 0 Å². The van der Waals surface area contributed by atoms with Gasteiger partial charge in [-0.2, -0.15) is 10.5 Å². The van der Waals surface area contributed by atoms with Gasteiger partial charge in [0.15, 0.2) is 20.0 Å².